The van der Waals surface area contributed by atoms with Crippen molar-refractivity contribution in [3.05, 3.63) is 64.4 Å². The Hall–Kier alpha value is -2.93. The number of hydrogen-bond acceptors (Lipinski definition) is 4. The average Bonchev–Trinajstić information content (AvgIpc) is 3.15. The maximum absolute atomic E-state index is 11.7. The van der Waals surface area contributed by atoms with Gasteiger partial charge < -0.3 is 5.32 Å². The van der Waals surface area contributed by atoms with E-state index in [0.29, 0.717) is 6.54 Å². The molecular formula is C18H19N3O3S. The van der Waals surface area contributed by atoms with Crippen molar-refractivity contribution < 1.29 is 14.4 Å². The molecule has 0 saturated carbocycles. The van der Waals surface area contributed by atoms with Crippen LogP contribution in [0.1, 0.15) is 23.3 Å². The molecule has 3 N–H and O–H groups in total. The Morgan fingerprint density at radius 2 is 1.68 bits per heavy atom. The number of thiophene rings is 1. The molecule has 6 nitrogen and oxygen atoms in total. The molecule has 0 unspecified atom stereocenters. The molecule has 7 heteroatoms. The van der Waals surface area contributed by atoms with Gasteiger partial charge in [0, 0.05) is 30.3 Å². The van der Waals surface area contributed by atoms with Crippen molar-refractivity contribution in [2.24, 2.45) is 0 Å². The number of hydrazine groups is 1. The van der Waals surface area contributed by atoms with E-state index in [0.717, 1.165) is 10.4 Å². The molecule has 0 radical (unpaired) electrons. The maximum atomic E-state index is 11.7. The van der Waals surface area contributed by atoms with Crippen LogP contribution in [0.5, 0.6) is 0 Å². The first-order valence-corrected chi connectivity index (χ1v) is 8.62. The number of hydrogen-bond donors (Lipinski definition) is 3. The van der Waals surface area contributed by atoms with E-state index in [1.807, 2.05) is 47.8 Å². The second kappa shape index (κ2) is 10.0. The first-order valence-electron chi connectivity index (χ1n) is 7.74. The summed E-state index contributed by atoms with van der Waals surface area (Å²) in [5.41, 5.74) is 5.54. The zero-order chi connectivity index (χ0) is 17.9. The molecule has 0 fully saturated rings. The highest BCUT2D eigenvalue weighted by Crippen LogP contribution is 2.09. The van der Waals surface area contributed by atoms with E-state index in [2.05, 4.69) is 16.2 Å². The van der Waals surface area contributed by atoms with Gasteiger partial charge in [-0.05, 0) is 23.1 Å². The Kier molecular flexibility index (Phi) is 7.40. The van der Waals surface area contributed by atoms with Crippen molar-refractivity contribution in [2.75, 3.05) is 0 Å². The van der Waals surface area contributed by atoms with E-state index < -0.39 is 11.8 Å². The van der Waals surface area contributed by atoms with E-state index in [1.54, 1.807) is 6.08 Å². The first-order chi connectivity index (χ1) is 12.1. The monoisotopic (exact) mass is 357 g/mol. The fourth-order valence-electron chi connectivity index (χ4n) is 1.89. The molecular weight excluding hydrogens is 338 g/mol. The van der Waals surface area contributed by atoms with Crippen LogP contribution in [0.15, 0.2) is 53.9 Å². The Labute approximate surface area is 149 Å². The standard InChI is InChI=1S/C18H19N3O3S/c22-16(19-13-14-5-2-1-3-6-14)10-11-18(24)21-20-17(23)9-8-15-7-4-12-25-15/h1-9,12H,10-11,13H2,(H,19,22)(H,20,23)(H,21,24). The lowest BCUT2D eigenvalue weighted by Crippen LogP contribution is -2.41. The molecule has 1 heterocycles. The lowest BCUT2D eigenvalue weighted by Gasteiger charge is -2.06. The summed E-state index contributed by atoms with van der Waals surface area (Å²) in [6, 6.07) is 13.3. The summed E-state index contributed by atoms with van der Waals surface area (Å²) < 4.78 is 0. The van der Waals surface area contributed by atoms with Crippen molar-refractivity contribution >= 4 is 35.1 Å². The number of carbonyl (C=O) groups excluding carboxylic acids is 3. The largest absolute Gasteiger partial charge is 0.352 e. The van der Waals surface area contributed by atoms with E-state index in [4.69, 9.17) is 0 Å². The number of nitrogens with one attached hydrogen (secondary N) is 3. The number of carbonyl (C=O) groups is 3. The zero-order valence-corrected chi connectivity index (χ0v) is 14.3. The third-order valence-corrected chi connectivity index (χ3v) is 4.02. The Balaban J connectivity index is 1.60. The molecule has 2 rings (SSSR count). The zero-order valence-electron chi connectivity index (χ0n) is 13.5. The van der Waals surface area contributed by atoms with Gasteiger partial charge in [0.05, 0.1) is 0 Å². The van der Waals surface area contributed by atoms with Gasteiger partial charge in [0.2, 0.25) is 11.8 Å². The molecule has 0 spiro atoms. The maximum Gasteiger partial charge on any atom is 0.262 e. The predicted octanol–water partition coefficient (Wildman–Crippen LogP) is 2.01. The van der Waals surface area contributed by atoms with Crippen LogP contribution in [0.2, 0.25) is 0 Å². The highest BCUT2D eigenvalue weighted by atomic mass is 32.1. The quantitative estimate of drug-likeness (QED) is 0.523. The molecule has 0 atom stereocenters. The summed E-state index contributed by atoms with van der Waals surface area (Å²) in [4.78, 5) is 35.8. The smallest absolute Gasteiger partial charge is 0.262 e. The Bertz CT molecular complexity index is 727. The normalized spacial score (nSPS) is 10.4. The van der Waals surface area contributed by atoms with E-state index in [9.17, 15) is 14.4 Å². The molecule has 0 aliphatic rings. The van der Waals surface area contributed by atoms with E-state index in [-0.39, 0.29) is 18.7 Å². The molecule has 0 aliphatic carbocycles. The second-order valence-corrected chi connectivity index (χ2v) is 6.13. The van der Waals surface area contributed by atoms with Crippen molar-refractivity contribution in [3.63, 3.8) is 0 Å². The minimum absolute atomic E-state index is 0.00442. The summed E-state index contributed by atoms with van der Waals surface area (Å²) in [5.74, 6) is -1.08. The third-order valence-electron chi connectivity index (χ3n) is 3.18. The summed E-state index contributed by atoms with van der Waals surface area (Å²) in [7, 11) is 0. The van der Waals surface area contributed by atoms with Crippen LogP contribution >= 0.6 is 11.3 Å². The van der Waals surface area contributed by atoms with Crippen molar-refractivity contribution in [1.29, 1.82) is 0 Å². The number of benzene rings is 1. The van der Waals surface area contributed by atoms with Gasteiger partial charge in [-0.3, -0.25) is 25.2 Å². The molecule has 0 saturated heterocycles. The van der Waals surface area contributed by atoms with Crippen LogP contribution in [0.3, 0.4) is 0 Å². The SMILES string of the molecule is O=C(C=Cc1cccs1)NNC(=O)CCC(=O)NCc1ccccc1. The summed E-state index contributed by atoms with van der Waals surface area (Å²) in [6.07, 6.45) is 3.04. The topological polar surface area (TPSA) is 87.3 Å². The van der Waals surface area contributed by atoms with Gasteiger partial charge >= 0.3 is 0 Å². The minimum atomic E-state index is -0.435. The van der Waals surface area contributed by atoms with Crippen molar-refractivity contribution in [3.8, 4) is 0 Å². The molecule has 2 aromatic rings. The lowest BCUT2D eigenvalue weighted by atomic mass is 10.2. The molecule has 1 aromatic heterocycles. The van der Waals surface area contributed by atoms with Crippen LogP contribution in [0, 0.1) is 0 Å². The summed E-state index contributed by atoms with van der Waals surface area (Å²) >= 11 is 1.50. The van der Waals surface area contributed by atoms with Crippen LogP contribution in [0.25, 0.3) is 6.08 Å². The summed E-state index contributed by atoms with van der Waals surface area (Å²) in [6.45, 7) is 0.422. The van der Waals surface area contributed by atoms with E-state index >= 15 is 0 Å². The van der Waals surface area contributed by atoms with Gasteiger partial charge in [-0.2, -0.15) is 0 Å². The molecule has 0 bridgehead atoms. The van der Waals surface area contributed by atoms with Crippen LogP contribution < -0.4 is 16.2 Å². The molecule has 130 valence electrons. The van der Waals surface area contributed by atoms with Crippen LogP contribution in [0.4, 0.5) is 0 Å². The van der Waals surface area contributed by atoms with Crippen molar-refractivity contribution in [2.45, 2.75) is 19.4 Å². The molecule has 25 heavy (non-hydrogen) atoms. The van der Waals surface area contributed by atoms with Crippen molar-refractivity contribution in [1.82, 2.24) is 16.2 Å². The summed E-state index contributed by atoms with van der Waals surface area (Å²) in [5, 5.41) is 4.64. The fraction of sp³-hybridized carbons (Fsp3) is 0.167. The third kappa shape index (κ3) is 7.45. The van der Waals surface area contributed by atoms with Gasteiger partial charge in [0.1, 0.15) is 0 Å². The predicted molar refractivity (Wildman–Crippen MR) is 97.2 cm³/mol. The second-order valence-electron chi connectivity index (χ2n) is 5.15. The first kappa shape index (κ1) is 18.4. The van der Waals surface area contributed by atoms with Crippen LogP contribution in [-0.2, 0) is 20.9 Å². The number of amides is 3. The van der Waals surface area contributed by atoms with Gasteiger partial charge in [-0.25, -0.2) is 0 Å². The van der Waals surface area contributed by atoms with Gasteiger partial charge in [0.25, 0.3) is 5.91 Å². The highest BCUT2D eigenvalue weighted by molar-refractivity contribution is 7.10. The van der Waals surface area contributed by atoms with E-state index in [1.165, 1.54) is 17.4 Å². The number of rotatable bonds is 7. The van der Waals surface area contributed by atoms with Gasteiger partial charge in [-0.15, -0.1) is 11.3 Å². The van der Waals surface area contributed by atoms with Crippen LogP contribution in [-0.4, -0.2) is 17.7 Å². The molecule has 1 aromatic carbocycles. The van der Waals surface area contributed by atoms with Gasteiger partial charge in [0.15, 0.2) is 0 Å². The Morgan fingerprint density at radius 3 is 2.40 bits per heavy atom. The highest BCUT2D eigenvalue weighted by Gasteiger charge is 2.07. The van der Waals surface area contributed by atoms with Gasteiger partial charge in [-0.1, -0.05) is 36.4 Å². The molecule has 0 aliphatic heterocycles. The lowest BCUT2D eigenvalue weighted by molar-refractivity contribution is -0.129. The minimum Gasteiger partial charge on any atom is -0.352 e. The average molecular weight is 357 g/mol. The molecule has 3 amide bonds. The fourth-order valence-corrected chi connectivity index (χ4v) is 2.51. The Morgan fingerprint density at radius 1 is 0.920 bits per heavy atom.